The van der Waals surface area contributed by atoms with Crippen LogP contribution in [0.25, 0.3) is 0 Å². The van der Waals surface area contributed by atoms with Gasteiger partial charge in [-0.15, -0.1) is 6.58 Å². The van der Waals surface area contributed by atoms with E-state index in [1.165, 1.54) is 5.57 Å². The van der Waals surface area contributed by atoms with Gasteiger partial charge < -0.3 is 0 Å². The van der Waals surface area contributed by atoms with Crippen molar-refractivity contribution >= 4 is 0 Å². The molecule has 78 valence electrons. The van der Waals surface area contributed by atoms with Crippen molar-refractivity contribution in [3.8, 4) is 6.07 Å². The Hall–Kier alpha value is -1.03. The maximum atomic E-state index is 9.09. The van der Waals surface area contributed by atoms with Crippen LogP contribution in [0.3, 0.4) is 0 Å². The monoisotopic (exact) mass is 191 g/mol. The fourth-order valence-electron chi connectivity index (χ4n) is 1.56. The van der Waals surface area contributed by atoms with Gasteiger partial charge in [0.2, 0.25) is 0 Å². The van der Waals surface area contributed by atoms with Gasteiger partial charge in [0.15, 0.2) is 0 Å². The fraction of sp³-hybridized carbons (Fsp3) is 0.615. The zero-order valence-corrected chi connectivity index (χ0v) is 9.64. The number of nitriles is 1. The third-order valence-electron chi connectivity index (χ3n) is 2.37. The third kappa shape index (κ3) is 4.28. The smallest absolute Gasteiger partial charge is 0.0762 e. The number of allylic oxidation sites excluding steroid dienone is 3. The topological polar surface area (TPSA) is 23.8 Å². The summed E-state index contributed by atoms with van der Waals surface area (Å²) in [7, 11) is 0. The fourth-order valence-corrected chi connectivity index (χ4v) is 1.56. The van der Waals surface area contributed by atoms with Crippen molar-refractivity contribution in [2.45, 2.75) is 46.5 Å². The minimum Gasteiger partial charge on any atom is -0.197 e. The summed E-state index contributed by atoms with van der Waals surface area (Å²) >= 11 is 0. The van der Waals surface area contributed by atoms with E-state index in [2.05, 4.69) is 32.6 Å². The van der Waals surface area contributed by atoms with E-state index >= 15 is 0 Å². The van der Waals surface area contributed by atoms with Gasteiger partial charge in [-0.2, -0.15) is 5.26 Å². The molecule has 0 aliphatic carbocycles. The summed E-state index contributed by atoms with van der Waals surface area (Å²) in [4.78, 5) is 0. The molecule has 14 heavy (non-hydrogen) atoms. The molecular weight excluding hydrogens is 170 g/mol. The second-order valence-corrected chi connectivity index (χ2v) is 3.93. The molecule has 0 aliphatic rings. The Kier molecular flexibility index (Phi) is 5.95. The first kappa shape index (κ1) is 13.0. The second-order valence-electron chi connectivity index (χ2n) is 3.93. The zero-order chi connectivity index (χ0) is 11.0. The van der Waals surface area contributed by atoms with Crippen LogP contribution in [-0.4, -0.2) is 0 Å². The third-order valence-corrected chi connectivity index (χ3v) is 2.37. The number of hydrogen-bond acceptors (Lipinski definition) is 1. The maximum Gasteiger partial charge on any atom is 0.0762 e. The van der Waals surface area contributed by atoms with E-state index in [0.717, 1.165) is 25.7 Å². The Morgan fingerprint density at radius 3 is 2.50 bits per heavy atom. The van der Waals surface area contributed by atoms with E-state index in [1.807, 2.05) is 13.0 Å². The molecule has 0 aromatic heterocycles. The minimum atomic E-state index is -0.359. The largest absolute Gasteiger partial charge is 0.197 e. The van der Waals surface area contributed by atoms with Gasteiger partial charge in [0, 0.05) is 0 Å². The molecule has 1 atom stereocenters. The Morgan fingerprint density at radius 1 is 1.50 bits per heavy atom. The van der Waals surface area contributed by atoms with Gasteiger partial charge in [-0.25, -0.2) is 0 Å². The van der Waals surface area contributed by atoms with Crippen molar-refractivity contribution in [1.29, 1.82) is 5.26 Å². The molecule has 0 fully saturated rings. The van der Waals surface area contributed by atoms with Crippen molar-refractivity contribution in [3.63, 3.8) is 0 Å². The van der Waals surface area contributed by atoms with Crippen LogP contribution < -0.4 is 0 Å². The van der Waals surface area contributed by atoms with Crippen LogP contribution in [0.4, 0.5) is 0 Å². The molecule has 0 aromatic rings. The van der Waals surface area contributed by atoms with Crippen molar-refractivity contribution in [2.75, 3.05) is 0 Å². The summed E-state index contributed by atoms with van der Waals surface area (Å²) in [6.45, 7) is 9.98. The van der Waals surface area contributed by atoms with Crippen molar-refractivity contribution < 1.29 is 0 Å². The van der Waals surface area contributed by atoms with Gasteiger partial charge in [-0.1, -0.05) is 38.0 Å². The summed E-state index contributed by atoms with van der Waals surface area (Å²) in [6, 6.07) is 2.35. The van der Waals surface area contributed by atoms with E-state index < -0.39 is 0 Å². The van der Waals surface area contributed by atoms with E-state index in [9.17, 15) is 0 Å². The normalized spacial score (nSPS) is 15.7. The lowest BCUT2D eigenvalue weighted by atomic mass is 9.85. The van der Waals surface area contributed by atoms with Gasteiger partial charge in [0.05, 0.1) is 11.5 Å². The standard InChI is InChI=1S/C13H21N/c1-5-8-12(7-3)10-13(4,11-14)9-6-2/h6,10H,2,5,7-9H2,1,3-4H3/b12-10-. The van der Waals surface area contributed by atoms with Crippen molar-refractivity contribution in [2.24, 2.45) is 5.41 Å². The minimum absolute atomic E-state index is 0.359. The maximum absolute atomic E-state index is 9.09. The Morgan fingerprint density at radius 2 is 2.14 bits per heavy atom. The van der Waals surface area contributed by atoms with Gasteiger partial charge >= 0.3 is 0 Å². The molecule has 1 unspecified atom stereocenters. The Labute approximate surface area is 88.1 Å². The van der Waals surface area contributed by atoms with Crippen LogP contribution >= 0.6 is 0 Å². The molecule has 0 bridgehead atoms. The summed E-state index contributed by atoms with van der Waals surface area (Å²) < 4.78 is 0. The molecule has 0 rings (SSSR count). The second kappa shape index (κ2) is 6.43. The predicted molar refractivity (Wildman–Crippen MR) is 61.8 cm³/mol. The molecule has 0 heterocycles. The van der Waals surface area contributed by atoms with Crippen LogP contribution in [0, 0.1) is 16.7 Å². The first-order chi connectivity index (χ1) is 6.61. The summed E-state index contributed by atoms with van der Waals surface area (Å²) in [5.74, 6) is 0. The van der Waals surface area contributed by atoms with Crippen LogP contribution in [0.1, 0.15) is 46.5 Å². The SMILES string of the molecule is C=CCC(C)(C#N)/C=C(/CC)CCC. The van der Waals surface area contributed by atoms with E-state index in [1.54, 1.807) is 0 Å². The predicted octanol–water partition coefficient (Wildman–Crippen LogP) is 4.23. The lowest BCUT2D eigenvalue weighted by Gasteiger charge is -2.16. The Balaban J connectivity index is 4.68. The van der Waals surface area contributed by atoms with Crippen LogP contribution in [-0.2, 0) is 0 Å². The van der Waals surface area contributed by atoms with Crippen molar-refractivity contribution in [1.82, 2.24) is 0 Å². The van der Waals surface area contributed by atoms with Crippen molar-refractivity contribution in [3.05, 3.63) is 24.3 Å². The average molecular weight is 191 g/mol. The summed E-state index contributed by atoms with van der Waals surface area (Å²) in [6.07, 6.45) is 7.97. The summed E-state index contributed by atoms with van der Waals surface area (Å²) in [5, 5.41) is 9.09. The highest BCUT2D eigenvalue weighted by Crippen LogP contribution is 2.26. The number of nitrogens with zero attached hydrogens (tertiary/aromatic N) is 1. The average Bonchev–Trinajstić information content (AvgIpc) is 2.17. The number of rotatable bonds is 6. The molecule has 1 nitrogen and oxygen atoms in total. The summed E-state index contributed by atoms with van der Waals surface area (Å²) in [5.41, 5.74) is 1.03. The van der Waals surface area contributed by atoms with Crippen LogP contribution in [0.15, 0.2) is 24.3 Å². The first-order valence-electron chi connectivity index (χ1n) is 5.34. The molecule has 1 heteroatoms. The van der Waals surface area contributed by atoms with Gasteiger partial charge in [-0.05, 0) is 26.2 Å². The zero-order valence-electron chi connectivity index (χ0n) is 9.64. The highest BCUT2D eigenvalue weighted by atomic mass is 14.3. The van der Waals surface area contributed by atoms with E-state index in [-0.39, 0.29) is 5.41 Å². The molecular formula is C13H21N. The lowest BCUT2D eigenvalue weighted by molar-refractivity contribution is 0.568. The first-order valence-corrected chi connectivity index (χ1v) is 5.34. The molecule has 0 N–H and O–H groups in total. The van der Waals surface area contributed by atoms with Crippen LogP contribution in [0.2, 0.25) is 0 Å². The van der Waals surface area contributed by atoms with E-state index in [0.29, 0.717) is 0 Å². The molecule has 0 aliphatic heterocycles. The molecule has 0 amide bonds. The quantitative estimate of drug-likeness (QED) is 0.576. The molecule has 0 radical (unpaired) electrons. The Bertz CT molecular complexity index is 244. The lowest BCUT2D eigenvalue weighted by Crippen LogP contribution is -2.09. The highest BCUT2D eigenvalue weighted by molar-refractivity contribution is 5.17. The van der Waals surface area contributed by atoms with E-state index in [4.69, 9.17) is 5.26 Å². The van der Waals surface area contributed by atoms with Gasteiger partial charge in [0.25, 0.3) is 0 Å². The van der Waals surface area contributed by atoms with Gasteiger partial charge in [-0.3, -0.25) is 0 Å². The molecule has 0 saturated heterocycles. The van der Waals surface area contributed by atoms with Crippen LogP contribution in [0.5, 0.6) is 0 Å². The molecule has 0 spiro atoms. The molecule has 0 saturated carbocycles. The highest BCUT2D eigenvalue weighted by Gasteiger charge is 2.19. The molecule has 0 aromatic carbocycles. The van der Waals surface area contributed by atoms with Gasteiger partial charge in [0.1, 0.15) is 0 Å². The number of hydrogen-bond donors (Lipinski definition) is 0.